The van der Waals surface area contributed by atoms with E-state index in [-0.39, 0.29) is 0 Å². The first kappa shape index (κ1) is 12.5. The van der Waals surface area contributed by atoms with Gasteiger partial charge in [0.1, 0.15) is 0 Å². The second-order valence-corrected chi connectivity index (χ2v) is 5.08. The van der Waals surface area contributed by atoms with E-state index >= 15 is 0 Å². The average Bonchev–Trinajstić information content (AvgIpc) is 2.89. The van der Waals surface area contributed by atoms with Crippen molar-refractivity contribution >= 4 is 0 Å². The molecule has 0 amide bonds. The summed E-state index contributed by atoms with van der Waals surface area (Å²) in [6.07, 6.45) is 8.96. The number of hydrogen-bond acceptors (Lipinski definition) is 4. The number of unbranched alkanes of at least 4 members (excludes halogenated alkanes) is 1. The van der Waals surface area contributed by atoms with Crippen molar-refractivity contribution in [2.75, 3.05) is 6.54 Å². The summed E-state index contributed by atoms with van der Waals surface area (Å²) in [5.41, 5.74) is 5.90. The fourth-order valence-corrected chi connectivity index (χ4v) is 2.47. The topological polar surface area (TPSA) is 77.0 Å². The zero-order chi connectivity index (χ0) is 12.1. The van der Waals surface area contributed by atoms with Crippen LogP contribution in [0.2, 0.25) is 0 Å². The van der Waals surface area contributed by atoms with Gasteiger partial charge in [0, 0.05) is 6.20 Å². The van der Waals surface area contributed by atoms with E-state index in [1.54, 1.807) is 4.68 Å². The van der Waals surface area contributed by atoms with Crippen LogP contribution in [0.1, 0.15) is 44.2 Å². The lowest BCUT2D eigenvalue weighted by atomic mass is 10.0. The van der Waals surface area contributed by atoms with Crippen LogP contribution in [0.5, 0.6) is 0 Å². The van der Waals surface area contributed by atoms with Crippen LogP contribution in [0.25, 0.3) is 0 Å². The quantitative estimate of drug-likeness (QED) is 0.721. The Bertz CT molecular complexity index is 344. The number of rotatable bonds is 6. The fraction of sp³-hybridized carbons (Fsp3) is 0.833. The molecule has 0 aromatic carbocycles. The molecule has 3 N–H and O–H groups in total. The first-order valence-electron chi connectivity index (χ1n) is 6.53. The van der Waals surface area contributed by atoms with E-state index in [4.69, 9.17) is 5.73 Å². The lowest BCUT2D eigenvalue weighted by Gasteiger charge is -2.21. The minimum absolute atomic E-state index is 0.553. The highest BCUT2D eigenvalue weighted by Gasteiger charge is 2.31. The van der Waals surface area contributed by atoms with E-state index in [0.29, 0.717) is 6.54 Å². The molecule has 0 radical (unpaired) electrons. The highest BCUT2D eigenvalue weighted by atomic mass is 16.3. The van der Waals surface area contributed by atoms with Gasteiger partial charge in [-0.3, -0.25) is 0 Å². The van der Waals surface area contributed by atoms with E-state index < -0.39 is 5.60 Å². The summed E-state index contributed by atoms with van der Waals surface area (Å²) >= 11 is 0. The third kappa shape index (κ3) is 3.51. The van der Waals surface area contributed by atoms with Crippen LogP contribution in [-0.4, -0.2) is 32.2 Å². The molecule has 1 fully saturated rings. The minimum Gasteiger partial charge on any atom is -0.388 e. The molecule has 0 spiro atoms. The zero-order valence-electron chi connectivity index (χ0n) is 10.3. The summed E-state index contributed by atoms with van der Waals surface area (Å²) in [5, 5.41) is 18.5. The maximum absolute atomic E-state index is 10.3. The Morgan fingerprint density at radius 3 is 2.82 bits per heavy atom. The number of nitrogens with two attached hydrogens (primary N) is 1. The average molecular weight is 238 g/mol. The van der Waals surface area contributed by atoms with E-state index in [0.717, 1.165) is 57.2 Å². The molecule has 1 aromatic rings. The number of aliphatic hydroxyl groups is 1. The molecule has 1 heterocycles. The molecule has 5 nitrogen and oxygen atoms in total. The molecular weight excluding hydrogens is 216 g/mol. The number of aromatic nitrogens is 3. The summed E-state index contributed by atoms with van der Waals surface area (Å²) in [7, 11) is 0. The first-order chi connectivity index (χ1) is 8.22. The van der Waals surface area contributed by atoms with Crippen LogP contribution >= 0.6 is 0 Å². The predicted molar refractivity (Wildman–Crippen MR) is 65.4 cm³/mol. The molecule has 0 aliphatic heterocycles. The number of hydrogen-bond donors (Lipinski definition) is 2. The van der Waals surface area contributed by atoms with Gasteiger partial charge in [-0.15, -0.1) is 5.10 Å². The van der Waals surface area contributed by atoms with Crippen molar-refractivity contribution in [3.05, 3.63) is 11.9 Å². The van der Waals surface area contributed by atoms with Gasteiger partial charge in [-0.25, -0.2) is 4.68 Å². The van der Waals surface area contributed by atoms with Crippen LogP contribution in [0.3, 0.4) is 0 Å². The van der Waals surface area contributed by atoms with Crippen molar-refractivity contribution in [2.45, 2.75) is 57.1 Å². The van der Waals surface area contributed by atoms with Gasteiger partial charge in [0.15, 0.2) is 0 Å². The van der Waals surface area contributed by atoms with Gasteiger partial charge in [-0.2, -0.15) is 0 Å². The lowest BCUT2D eigenvalue weighted by molar-refractivity contribution is 0.0260. The summed E-state index contributed by atoms with van der Waals surface area (Å²) in [6.45, 7) is 1.31. The van der Waals surface area contributed by atoms with E-state index in [1.807, 2.05) is 6.20 Å². The monoisotopic (exact) mass is 238 g/mol. The second-order valence-electron chi connectivity index (χ2n) is 5.08. The normalized spacial score (nSPS) is 18.7. The highest BCUT2D eigenvalue weighted by Crippen LogP contribution is 2.30. The number of aryl methyl sites for hydroxylation is 1. The van der Waals surface area contributed by atoms with Gasteiger partial charge in [0.2, 0.25) is 0 Å². The molecule has 1 aliphatic carbocycles. The standard InChI is InChI=1S/C12H22N4O/c13-8-4-1-5-11-9-16(15-14-11)10-12(17)6-2-3-7-12/h9,17H,1-8,10,13H2. The Kier molecular flexibility index (Phi) is 4.12. The first-order valence-corrected chi connectivity index (χ1v) is 6.53. The van der Waals surface area contributed by atoms with Crippen LogP contribution in [0.4, 0.5) is 0 Å². The van der Waals surface area contributed by atoms with Crippen molar-refractivity contribution in [1.29, 1.82) is 0 Å². The molecule has 0 saturated heterocycles. The van der Waals surface area contributed by atoms with Crippen LogP contribution in [0.15, 0.2) is 6.20 Å². The third-order valence-electron chi connectivity index (χ3n) is 3.46. The van der Waals surface area contributed by atoms with E-state index in [1.165, 1.54) is 0 Å². The van der Waals surface area contributed by atoms with Gasteiger partial charge in [-0.05, 0) is 38.6 Å². The van der Waals surface area contributed by atoms with Gasteiger partial charge < -0.3 is 10.8 Å². The van der Waals surface area contributed by atoms with Crippen LogP contribution in [-0.2, 0) is 13.0 Å². The molecule has 0 atom stereocenters. The molecule has 1 aliphatic rings. The smallest absolute Gasteiger partial charge is 0.0843 e. The lowest BCUT2D eigenvalue weighted by Crippen LogP contribution is -2.30. The molecule has 1 aromatic heterocycles. The zero-order valence-corrected chi connectivity index (χ0v) is 10.3. The molecule has 17 heavy (non-hydrogen) atoms. The minimum atomic E-state index is -0.553. The Morgan fingerprint density at radius 1 is 1.35 bits per heavy atom. The van der Waals surface area contributed by atoms with E-state index in [2.05, 4.69) is 10.3 Å². The Morgan fingerprint density at radius 2 is 2.12 bits per heavy atom. The van der Waals surface area contributed by atoms with Gasteiger partial charge in [0.25, 0.3) is 0 Å². The summed E-state index contributed by atoms with van der Waals surface area (Å²) < 4.78 is 1.78. The van der Waals surface area contributed by atoms with E-state index in [9.17, 15) is 5.11 Å². The SMILES string of the molecule is NCCCCc1cn(CC2(O)CCCC2)nn1. The molecule has 0 bridgehead atoms. The highest BCUT2D eigenvalue weighted by molar-refractivity contribution is 4.94. The molecule has 5 heteroatoms. The van der Waals surface area contributed by atoms with Gasteiger partial charge >= 0.3 is 0 Å². The molecule has 2 rings (SSSR count). The Hall–Kier alpha value is -0.940. The molecule has 0 unspecified atom stereocenters. The van der Waals surface area contributed by atoms with Gasteiger partial charge in [0.05, 0.1) is 17.8 Å². The van der Waals surface area contributed by atoms with Crippen molar-refractivity contribution in [3.63, 3.8) is 0 Å². The second kappa shape index (κ2) is 5.60. The van der Waals surface area contributed by atoms with Crippen LogP contribution in [0, 0.1) is 0 Å². The fourth-order valence-electron chi connectivity index (χ4n) is 2.47. The Balaban J connectivity index is 1.85. The number of nitrogens with zero attached hydrogens (tertiary/aromatic N) is 3. The van der Waals surface area contributed by atoms with Crippen LogP contribution < -0.4 is 5.73 Å². The Labute approximate surface area is 102 Å². The van der Waals surface area contributed by atoms with Gasteiger partial charge in [-0.1, -0.05) is 18.1 Å². The summed E-state index contributed by atoms with van der Waals surface area (Å²) in [4.78, 5) is 0. The molecule has 1 saturated carbocycles. The molecule has 96 valence electrons. The maximum atomic E-state index is 10.3. The summed E-state index contributed by atoms with van der Waals surface area (Å²) in [6, 6.07) is 0. The maximum Gasteiger partial charge on any atom is 0.0843 e. The molecular formula is C12H22N4O. The van der Waals surface area contributed by atoms with Crippen molar-refractivity contribution < 1.29 is 5.11 Å². The van der Waals surface area contributed by atoms with Crippen molar-refractivity contribution in [3.8, 4) is 0 Å². The predicted octanol–water partition coefficient (Wildman–Crippen LogP) is 0.865. The summed E-state index contributed by atoms with van der Waals surface area (Å²) in [5.74, 6) is 0. The largest absolute Gasteiger partial charge is 0.388 e. The van der Waals surface area contributed by atoms with Crippen molar-refractivity contribution in [2.24, 2.45) is 5.73 Å². The van der Waals surface area contributed by atoms with Crippen molar-refractivity contribution in [1.82, 2.24) is 15.0 Å². The third-order valence-corrected chi connectivity index (χ3v) is 3.46.